The third kappa shape index (κ3) is 2.23. The minimum Gasteiger partial charge on any atom is -0.481 e. The molecule has 0 bridgehead atoms. The zero-order valence-electron chi connectivity index (χ0n) is 11.9. The molecule has 2 fully saturated rings. The summed E-state index contributed by atoms with van der Waals surface area (Å²) in [7, 11) is -3.76. The fourth-order valence-corrected chi connectivity index (χ4v) is 4.70. The van der Waals surface area contributed by atoms with Gasteiger partial charge in [-0.2, -0.15) is 0 Å². The Morgan fingerprint density at radius 3 is 2.36 bits per heavy atom. The van der Waals surface area contributed by atoms with Gasteiger partial charge in [-0.25, -0.2) is 12.8 Å². The van der Waals surface area contributed by atoms with Crippen LogP contribution in [0.25, 0.3) is 0 Å². The molecule has 7 heteroatoms. The summed E-state index contributed by atoms with van der Waals surface area (Å²) in [6, 6.07) is 3.71. The topological polar surface area (TPSA) is 80.7 Å². The van der Waals surface area contributed by atoms with E-state index >= 15 is 0 Å². The van der Waals surface area contributed by atoms with Gasteiger partial charge in [0.05, 0.1) is 18.6 Å². The molecule has 22 heavy (non-hydrogen) atoms. The van der Waals surface area contributed by atoms with Gasteiger partial charge in [0, 0.05) is 0 Å². The van der Waals surface area contributed by atoms with Crippen molar-refractivity contribution >= 4 is 15.8 Å². The fraction of sp³-hybridized carbons (Fsp3) is 0.533. The van der Waals surface area contributed by atoms with E-state index in [1.807, 2.05) is 0 Å². The first-order chi connectivity index (χ1) is 10.4. The molecule has 0 unspecified atom stereocenters. The van der Waals surface area contributed by atoms with Gasteiger partial charge in [0.1, 0.15) is 16.0 Å². The second-order valence-corrected chi connectivity index (χ2v) is 8.14. The molecule has 0 atom stereocenters. The Balaban J connectivity index is 2.01. The van der Waals surface area contributed by atoms with Crippen molar-refractivity contribution in [3.05, 3.63) is 29.6 Å². The van der Waals surface area contributed by atoms with E-state index in [1.54, 1.807) is 0 Å². The lowest BCUT2D eigenvalue weighted by atomic mass is 9.79. The van der Waals surface area contributed by atoms with Crippen LogP contribution in [-0.2, 0) is 24.8 Å². The van der Waals surface area contributed by atoms with Gasteiger partial charge in [-0.3, -0.25) is 4.79 Å². The standard InChI is InChI=1S/C15H17FO5S/c16-12-7-10(15(14(17)18)5-1-2-6-15)3-4-13(12)22(19,20)11-8-21-9-11/h3-4,7,11H,1-2,5-6,8-9H2,(H,17,18). The summed E-state index contributed by atoms with van der Waals surface area (Å²) in [5.41, 5.74) is -0.748. The minimum absolute atomic E-state index is 0.0720. The van der Waals surface area contributed by atoms with Gasteiger partial charge in [-0.1, -0.05) is 18.9 Å². The van der Waals surface area contributed by atoms with Crippen molar-refractivity contribution in [2.75, 3.05) is 13.2 Å². The zero-order valence-corrected chi connectivity index (χ0v) is 12.7. The molecular weight excluding hydrogens is 311 g/mol. The molecule has 1 saturated carbocycles. The van der Waals surface area contributed by atoms with E-state index in [4.69, 9.17) is 4.74 Å². The second-order valence-electron chi connectivity index (χ2n) is 5.94. The summed E-state index contributed by atoms with van der Waals surface area (Å²) in [5, 5.41) is 8.80. The van der Waals surface area contributed by atoms with E-state index in [1.165, 1.54) is 12.1 Å². The maximum Gasteiger partial charge on any atom is 0.314 e. The SMILES string of the molecule is O=C(O)C1(c2ccc(S(=O)(=O)C3COC3)c(F)c2)CCCC1. The van der Waals surface area contributed by atoms with Crippen molar-refractivity contribution in [2.24, 2.45) is 0 Å². The molecule has 1 aliphatic carbocycles. The van der Waals surface area contributed by atoms with Crippen LogP contribution in [0.4, 0.5) is 4.39 Å². The third-order valence-electron chi connectivity index (χ3n) is 4.70. The van der Waals surface area contributed by atoms with Gasteiger partial charge in [-0.05, 0) is 30.5 Å². The molecule has 0 aromatic heterocycles. The van der Waals surface area contributed by atoms with Gasteiger partial charge in [0.25, 0.3) is 0 Å². The molecular formula is C15H17FO5S. The normalized spacial score (nSPS) is 21.5. The van der Waals surface area contributed by atoms with E-state index < -0.39 is 32.3 Å². The van der Waals surface area contributed by atoms with Gasteiger partial charge in [0.2, 0.25) is 0 Å². The number of hydrogen-bond donors (Lipinski definition) is 1. The maximum atomic E-state index is 14.3. The Hall–Kier alpha value is -1.47. The molecule has 1 heterocycles. The number of ether oxygens (including phenoxy) is 1. The molecule has 1 N–H and O–H groups in total. The monoisotopic (exact) mass is 328 g/mol. The first-order valence-corrected chi connectivity index (χ1v) is 8.78. The third-order valence-corrected chi connectivity index (χ3v) is 6.80. The van der Waals surface area contributed by atoms with Crippen LogP contribution in [0.1, 0.15) is 31.2 Å². The van der Waals surface area contributed by atoms with Crippen LogP contribution in [0.15, 0.2) is 23.1 Å². The Morgan fingerprint density at radius 1 is 1.27 bits per heavy atom. The van der Waals surface area contributed by atoms with Gasteiger partial charge in [-0.15, -0.1) is 0 Å². The van der Waals surface area contributed by atoms with Crippen molar-refractivity contribution < 1.29 is 27.4 Å². The quantitative estimate of drug-likeness (QED) is 0.913. The number of rotatable bonds is 4. The first kappa shape index (κ1) is 15.4. The Labute approximate surface area is 128 Å². The average molecular weight is 328 g/mol. The summed E-state index contributed by atoms with van der Waals surface area (Å²) in [4.78, 5) is 11.3. The van der Waals surface area contributed by atoms with Crippen molar-refractivity contribution in [1.29, 1.82) is 0 Å². The van der Waals surface area contributed by atoms with Crippen LogP contribution >= 0.6 is 0 Å². The number of benzene rings is 1. The summed E-state index contributed by atoms with van der Waals surface area (Å²) in [5.74, 6) is -1.86. The summed E-state index contributed by atoms with van der Waals surface area (Å²) in [6.45, 7) is 0.144. The summed E-state index contributed by atoms with van der Waals surface area (Å²) >= 11 is 0. The predicted molar refractivity (Wildman–Crippen MR) is 76.0 cm³/mol. The highest BCUT2D eigenvalue weighted by Crippen LogP contribution is 2.42. The Kier molecular flexibility index (Phi) is 3.72. The van der Waals surface area contributed by atoms with E-state index in [2.05, 4.69) is 0 Å². The van der Waals surface area contributed by atoms with Crippen LogP contribution in [0.2, 0.25) is 0 Å². The lowest BCUT2D eigenvalue weighted by molar-refractivity contribution is -0.143. The molecule has 0 spiro atoms. The number of sulfone groups is 1. The molecule has 1 saturated heterocycles. The highest BCUT2D eigenvalue weighted by molar-refractivity contribution is 7.92. The molecule has 3 rings (SSSR count). The van der Waals surface area contributed by atoms with Crippen LogP contribution in [0.3, 0.4) is 0 Å². The van der Waals surface area contributed by atoms with Crippen molar-refractivity contribution in [1.82, 2.24) is 0 Å². The molecule has 5 nitrogen and oxygen atoms in total. The fourth-order valence-electron chi connectivity index (χ4n) is 3.21. The van der Waals surface area contributed by atoms with E-state index in [-0.39, 0.29) is 18.1 Å². The summed E-state index contributed by atoms with van der Waals surface area (Å²) in [6.07, 6.45) is 2.44. The van der Waals surface area contributed by atoms with E-state index in [0.717, 1.165) is 18.9 Å². The molecule has 2 aliphatic rings. The highest BCUT2D eigenvalue weighted by Gasteiger charge is 2.44. The summed E-state index contributed by atoms with van der Waals surface area (Å²) < 4.78 is 43.7. The molecule has 0 radical (unpaired) electrons. The highest BCUT2D eigenvalue weighted by atomic mass is 32.2. The minimum atomic E-state index is -3.76. The number of aliphatic carboxylic acids is 1. The van der Waals surface area contributed by atoms with Crippen molar-refractivity contribution in [3.8, 4) is 0 Å². The Morgan fingerprint density at radius 2 is 1.91 bits per heavy atom. The van der Waals surface area contributed by atoms with Crippen LogP contribution in [0, 0.1) is 5.82 Å². The Bertz CT molecular complexity index is 703. The number of hydrogen-bond acceptors (Lipinski definition) is 4. The van der Waals surface area contributed by atoms with E-state index in [9.17, 15) is 22.7 Å². The number of carboxylic acids is 1. The van der Waals surface area contributed by atoms with Crippen LogP contribution < -0.4 is 0 Å². The maximum absolute atomic E-state index is 14.3. The largest absolute Gasteiger partial charge is 0.481 e. The predicted octanol–water partition coefficient (Wildman–Crippen LogP) is 1.89. The number of carboxylic acid groups (broad SMARTS) is 1. The number of halogens is 1. The molecule has 0 amide bonds. The lowest BCUT2D eigenvalue weighted by Gasteiger charge is -2.27. The molecule has 1 aromatic carbocycles. The van der Waals surface area contributed by atoms with Crippen molar-refractivity contribution in [3.63, 3.8) is 0 Å². The van der Waals surface area contributed by atoms with Crippen LogP contribution in [0.5, 0.6) is 0 Å². The zero-order chi connectivity index (χ0) is 16.0. The lowest BCUT2D eigenvalue weighted by Crippen LogP contribution is -2.41. The van der Waals surface area contributed by atoms with Gasteiger partial charge < -0.3 is 9.84 Å². The number of carbonyl (C=O) groups is 1. The smallest absolute Gasteiger partial charge is 0.314 e. The van der Waals surface area contributed by atoms with Gasteiger partial charge >= 0.3 is 5.97 Å². The first-order valence-electron chi connectivity index (χ1n) is 7.23. The average Bonchev–Trinajstić information content (AvgIpc) is 2.85. The van der Waals surface area contributed by atoms with Crippen molar-refractivity contribution in [2.45, 2.75) is 41.2 Å². The molecule has 1 aliphatic heterocycles. The van der Waals surface area contributed by atoms with E-state index in [0.29, 0.717) is 18.4 Å². The molecule has 1 aromatic rings. The molecule has 120 valence electrons. The second kappa shape index (κ2) is 5.31. The van der Waals surface area contributed by atoms with Gasteiger partial charge in [0.15, 0.2) is 9.84 Å². The van der Waals surface area contributed by atoms with Crippen LogP contribution in [-0.4, -0.2) is 38.0 Å².